The number of aromatic nitrogens is 2. The number of para-hydroxylation sites is 1. The van der Waals surface area contributed by atoms with Crippen molar-refractivity contribution < 1.29 is 20.0 Å². The molecule has 0 bridgehead atoms. The molecule has 2 aromatic carbocycles. The largest absolute Gasteiger partial charge is 0.595 e. The van der Waals surface area contributed by atoms with E-state index in [-0.39, 0.29) is 21.8 Å². The van der Waals surface area contributed by atoms with Crippen LogP contribution in [0.4, 0.5) is 11.4 Å². The molecule has 4 N–H and O–H groups in total. The topological polar surface area (TPSA) is 134 Å². The summed E-state index contributed by atoms with van der Waals surface area (Å²) in [6.07, 6.45) is 1.44. The summed E-state index contributed by atoms with van der Waals surface area (Å²) in [6, 6.07) is 12.7. The predicted octanol–water partition coefficient (Wildman–Crippen LogP) is -1.05. The van der Waals surface area contributed by atoms with Gasteiger partial charge in [-0.1, -0.05) is 24.3 Å². The highest BCUT2D eigenvalue weighted by atomic mass is 16.8. The molecule has 146 valence electrons. The fourth-order valence-corrected chi connectivity index (χ4v) is 3.32. The van der Waals surface area contributed by atoms with Crippen molar-refractivity contribution in [1.82, 2.24) is 10.2 Å². The molecule has 0 spiro atoms. The Balaban J connectivity index is 2.00. The van der Waals surface area contributed by atoms with E-state index in [4.69, 9.17) is 5.21 Å². The van der Waals surface area contributed by atoms with Gasteiger partial charge in [0.1, 0.15) is 5.57 Å². The monoisotopic (exact) mass is 392 g/mol. The number of hydrogen-bond acceptors (Lipinski definition) is 5. The Morgan fingerprint density at radius 3 is 2.59 bits per heavy atom. The first kappa shape index (κ1) is 18.6. The van der Waals surface area contributed by atoms with Gasteiger partial charge in [0, 0.05) is 24.7 Å². The lowest BCUT2D eigenvalue weighted by Crippen LogP contribution is -2.99. The van der Waals surface area contributed by atoms with E-state index in [1.807, 2.05) is 0 Å². The quantitative estimate of drug-likeness (QED) is 0.413. The number of nitrogens with one attached hydrogen (secondary N) is 3. The summed E-state index contributed by atoms with van der Waals surface area (Å²) in [5.41, 5.74) is 0.648. The third-order valence-electron chi connectivity index (χ3n) is 4.77. The second kappa shape index (κ2) is 6.99. The summed E-state index contributed by atoms with van der Waals surface area (Å²) >= 11 is 0. The fourth-order valence-electron chi connectivity index (χ4n) is 3.32. The number of rotatable bonds is 2. The van der Waals surface area contributed by atoms with Crippen molar-refractivity contribution >= 4 is 34.7 Å². The highest BCUT2D eigenvalue weighted by Crippen LogP contribution is 2.28. The Hall–Kier alpha value is -3.79. The van der Waals surface area contributed by atoms with Gasteiger partial charge in [0.15, 0.2) is 5.69 Å². The molecule has 1 aromatic heterocycles. The van der Waals surface area contributed by atoms with Crippen LogP contribution in [0, 0.1) is 5.21 Å². The average molecular weight is 392 g/mol. The molecule has 1 unspecified atom stereocenters. The number of anilines is 1. The summed E-state index contributed by atoms with van der Waals surface area (Å²) < 4.78 is 0. The van der Waals surface area contributed by atoms with E-state index < -0.39 is 22.5 Å². The highest BCUT2D eigenvalue weighted by Gasteiger charge is 2.33. The molecule has 0 aliphatic carbocycles. The van der Waals surface area contributed by atoms with E-state index in [1.165, 1.54) is 23.1 Å². The minimum Gasteiger partial charge on any atom is -0.595 e. The van der Waals surface area contributed by atoms with E-state index in [0.29, 0.717) is 16.8 Å². The standard InChI is InChI=1S/C20H16N4O5/c1-23-15-8-3-2-7-13(15)18(25)16(20(23)27)17-14(19(26)22-21-17)10-11-5-4-6-12(9-11)24(28)29/h2-10,21,24,28H,1H3,(H,22,26). The van der Waals surface area contributed by atoms with Crippen LogP contribution in [0.25, 0.3) is 11.6 Å². The third kappa shape index (κ3) is 3.09. The highest BCUT2D eigenvalue weighted by molar-refractivity contribution is 6.51. The SMILES string of the molecule is CN1C(=O)C(=c2[nH][nH]c(=O)c2=Cc2cccc([NH+]([O-])O)c2)C(=O)c2ccccc21. The molecule has 29 heavy (non-hydrogen) atoms. The van der Waals surface area contributed by atoms with Gasteiger partial charge in [-0.3, -0.25) is 24.6 Å². The molecule has 9 heteroatoms. The summed E-state index contributed by atoms with van der Waals surface area (Å²) in [5, 5.41) is 24.4. The molecule has 0 radical (unpaired) electrons. The number of benzene rings is 2. The Labute approximate surface area is 163 Å². The minimum atomic E-state index is -1.10. The van der Waals surface area contributed by atoms with Gasteiger partial charge in [0.2, 0.25) is 5.78 Å². The number of amides is 1. The second-order valence-corrected chi connectivity index (χ2v) is 6.53. The number of H-pyrrole nitrogens is 2. The van der Waals surface area contributed by atoms with Crippen molar-refractivity contribution in [3.05, 3.63) is 85.8 Å². The van der Waals surface area contributed by atoms with Gasteiger partial charge in [0.25, 0.3) is 11.5 Å². The van der Waals surface area contributed by atoms with Gasteiger partial charge in [0.05, 0.1) is 16.3 Å². The molecule has 0 fully saturated rings. The van der Waals surface area contributed by atoms with Crippen LogP contribution in [0.1, 0.15) is 15.9 Å². The van der Waals surface area contributed by atoms with Crippen LogP contribution in [0.5, 0.6) is 0 Å². The third-order valence-corrected chi connectivity index (χ3v) is 4.77. The zero-order chi connectivity index (χ0) is 20.7. The molecule has 2 heterocycles. The van der Waals surface area contributed by atoms with Crippen molar-refractivity contribution in [1.29, 1.82) is 0 Å². The van der Waals surface area contributed by atoms with Crippen LogP contribution in [0.15, 0.2) is 53.3 Å². The molecule has 1 aliphatic rings. The van der Waals surface area contributed by atoms with Gasteiger partial charge in [-0.05, 0) is 23.8 Å². The number of fused-ring (bicyclic) bond motifs is 1. The molecule has 1 atom stereocenters. The maximum absolute atomic E-state index is 13.0. The van der Waals surface area contributed by atoms with Crippen LogP contribution in [0.3, 0.4) is 0 Å². The van der Waals surface area contributed by atoms with E-state index >= 15 is 0 Å². The predicted molar refractivity (Wildman–Crippen MR) is 104 cm³/mol. The fraction of sp³-hybridized carbons (Fsp3) is 0.0500. The Bertz CT molecular complexity index is 1320. The van der Waals surface area contributed by atoms with Crippen molar-refractivity contribution in [3.8, 4) is 0 Å². The first-order valence-corrected chi connectivity index (χ1v) is 8.66. The van der Waals surface area contributed by atoms with Crippen molar-refractivity contribution in [3.63, 3.8) is 0 Å². The normalized spacial score (nSPS) is 17.5. The van der Waals surface area contributed by atoms with E-state index in [9.17, 15) is 19.6 Å². The number of hydrogen-bond donors (Lipinski definition) is 4. The molecule has 0 saturated heterocycles. The lowest BCUT2D eigenvalue weighted by atomic mass is 9.95. The Morgan fingerprint density at radius 2 is 1.83 bits per heavy atom. The number of carbonyl (C=O) groups is 2. The summed E-state index contributed by atoms with van der Waals surface area (Å²) in [6.45, 7) is 0. The van der Waals surface area contributed by atoms with Gasteiger partial charge in [-0.15, -0.1) is 0 Å². The van der Waals surface area contributed by atoms with Crippen molar-refractivity contribution in [2.75, 3.05) is 11.9 Å². The maximum atomic E-state index is 13.0. The van der Waals surface area contributed by atoms with E-state index in [1.54, 1.807) is 43.4 Å². The smallest absolute Gasteiger partial charge is 0.271 e. The number of Topliss-reactive ketones (excluding diaryl/α,β-unsaturated/α-hetero) is 1. The van der Waals surface area contributed by atoms with E-state index in [0.717, 1.165) is 0 Å². The minimum absolute atomic E-state index is 0.0541. The van der Waals surface area contributed by atoms with Crippen molar-refractivity contribution in [2.45, 2.75) is 0 Å². The van der Waals surface area contributed by atoms with Crippen LogP contribution >= 0.6 is 0 Å². The number of aromatic amines is 2. The molecule has 9 nitrogen and oxygen atoms in total. The summed E-state index contributed by atoms with van der Waals surface area (Å²) in [5.74, 6) is -1.04. The first-order chi connectivity index (χ1) is 13.9. The van der Waals surface area contributed by atoms with Gasteiger partial charge < -0.3 is 10.1 Å². The van der Waals surface area contributed by atoms with Crippen LogP contribution in [-0.4, -0.2) is 34.1 Å². The molecular weight excluding hydrogens is 376 g/mol. The van der Waals surface area contributed by atoms with Gasteiger partial charge in [-0.2, -0.15) is 5.23 Å². The van der Waals surface area contributed by atoms with Crippen LogP contribution in [-0.2, 0) is 4.79 Å². The zero-order valence-electron chi connectivity index (χ0n) is 15.2. The number of nitrogens with zero attached hydrogens (tertiary/aromatic N) is 1. The second-order valence-electron chi connectivity index (χ2n) is 6.53. The maximum Gasteiger partial charge on any atom is 0.271 e. The van der Waals surface area contributed by atoms with Crippen molar-refractivity contribution in [2.24, 2.45) is 0 Å². The number of ketones is 1. The molecule has 0 saturated carbocycles. The molecule has 1 amide bonds. The Morgan fingerprint density at radius 1 is 1.07 bits per heavy atom. The van der Waals surface area contributed by atoms with Crippen LogP contribution in [0.2, 0.25) is 0 Å². The zero-order valence-corrected chi connectivity index (χ0v) is 15.2. The Kier molecular flexibility index (Phi) is 4.47. The van der Waals surface area contributed by atoms with E-state index in [2.05, 4.69) is 10.2 Å². The molecule has 4 rings (SSSR count). The number of carbonyl (C=O) groups excluding carboxylic acids is 2. The molecular formula is C20H16N4O5. The average Bonchev–Trinajstić information content (AvgIpc) is 3.07. The van der Waals surface area contributed by atoms with Gasteiger partial charge >= 0.3 is 0 Å². The lowest BCUT2D eigenvalue weighted by molar-refractivity contribution is -0.991. The molecule has 3 aromatic rings. The summed E-state index contributed by atoms with van der Waals surface area (Å²) in [4.78, 5) is 39.6. The molecule has 1 aliphatic heterocycles. The first-order valence-electron chi connectivity index (χ1n) is 8.66. The van der Waals surface area contributed by atoms with Gasteiger partial charge in [-0.25, -0.2) is 5.21 Å². The lowest BCUT2D eigenvalue weighted by Gasteiger charge is -2.25. The summed E-state index contributed by atoms with van der Waals surface area (Å²) in [7, 11) is 1.55. The van der Waals surface area contributed by atoms with Crippen LogP contribution < -0.4 is 26.3 Å². The number of quaternary nitrogens is 1.